The van der Waals surface area contributed by atoms with Gasteiger partial charge in [0.05, 0.1) is 44.7 Å². The fourth-order valence-corrected chi connectivity index (χ4v) is 9.96. The molecule has 3 atom stereocenters. The Bertz CT molecular complexity index is 699. The smallest absolute Gasteiger partial charge is 0.394 e. The number of epoxide rings is 1. The van der Waals surface area contributed by atoms with Crippen molar-refractivity contribution < 1.29 is 56.8 Å². The SMILES string of the molecule is CCCC(CCC)O[Si](CCCN)(OC)OC.CCCC(CCC)O[Si](OC)(OC)N(CCCCC(O)CO)CC(O)CO.OCC1CO1. The monoisotopic (exact) mass is 748 g/mol. The average Bonchev–Trinajstić information content (AvgIpc) is 3.96. The van der Waals surface area contributed by atoms with E-state index in [1.54, 1.807) is 28.4 Å². The second kappa shape index (κ2) is 32.5. The summed E-state index contributed by atoms with van der Waals surface area (Å²) < 4.78 is 41.6. The summed E-state index contributed by atoms with van der Waals surface area (Å²) in [5, 5.41) is 45.8. The zero-order valence-corrected chi connectivity index (χ0v) is 34.1. The maximum absolute atomic E-state index is 10.00. The second-order valence-electron chi connectivity index (χ2n) is 12.3. The Morgan fingerprint density at radius 1 is 0.714 bits per heavy atom. The van der Waals surface area contributed by atoms with Crippen molar-refractivity contribution in [1.29, 1.82) is 0 Å². The molecule has 0 radical (unpaired) electrons. The predicted molar refractivity (Wildman–Crippen MR) is 196 cm³/mol. The van der Waals surface area contributed by atoms with Crippen LogP contribution in [0.3, 0.4) is 0 Å². The number of unbranched alkanes of at least 4 members (excludes halogenated alkanes) is 1. The highest BCUT2D eigenvalue weighted by Gasteiger charge is 2.49. The van der Waals surface area contributed by atoms with Gasteiger partial charge in [0, 0.05) is 47.1 Å². The summed E-state index contributed by atoms with van der Waals surface area (Å²) in [6, 6.07) is 0.806. The van der Waals surface area contributed by atoms with Gasteiger partial charge in [-0.1, -0.05) is 53.4 Å². The number of rotatable bonds is 30. The van der Waals surface area contributed by atoms with Gasteiger partial charge in [-0.3, -0.25) is 4.57 Å². The predicted octanol–water partition coefficient (Wildman–Crippen LogP) is 2.81. The van der Waals surface area contributed by atoms with Crippen molar-refractivity contribution in [3.63, 3.8) is 0 Å². The van der Waals surface area contributed by atoms with Gasteiger partial charge in [-0.25, -0.2) is 0 Å². The molecule has 0 aromatic rings. The van der Waals surface area contributed by atoms with E-state index in [2.05, 4.69) is 32.4 Å². The van der Waals surface area contributed by atoms with Crippen LogP contribution in [-0.2, 0) is 31.3 Å². The van der Waals surface area contributed by atoms with Gasteiger partial charge in [0.15, 0.2) is 0 Å². The zero-order chi connectivity index (χ0) is 37.6. The van der Waals surface area contributed by atoms with Crippen LogP contribution in [0.25, 0.3) is 0 Å². The molecule has 3 unspecified atom stereocenters. The molecule has 0 aromatic carbocycles. The Hall–Kier alpha value is -0.126. The number of hydrogen-bond acceptors (Lipinski definition) is 14. The maximum atomic E-state index is 10.00. The molecule has 298 valence electrons. The van der Waals surface area contributed by atoms with Crippen LogP contribution in [0.1, 0.15) is 105 Å². The molecule has 0 bridgehead atoms. The molecular formula is C33H76N2O12Si2. The lowest BCUT2D eigenvalue weighted by Crippen LogP contribution is -2.63. The highest BCUT2D eigenvalue weighted by molar-refractivity contribution is 6.60. The minimum atomic E-state index is -3.22. The van der Waals surface area contributed by atoms with E-state index in [-0.39, 0.29) is 44.7 Å². The summed E-state index contributed by atoms with van der Waals surface area (Å²) >= 11 is 0. The van der Waals surface area contributed by atoms with Crippen LogP contribution in [0.5, 0.6) is 0 Å². The number of nitrogens with zero attached hydrogens (tertiary/aromatic N) is 1. The lowest BCUT2D eigenvalue weighted by molar-refractivity contribution is -0.0160. The Kier molecular flexibility index (Phi) is 33.8. The van der Waals surface area contributed by atoms with Crippen molar-refractivity contribution >= 4 is 17.8 Å². The molecule has 0 amide bonds. The van der Waals surface area contributed by atoms with E-state index in [1.807, 2.05) is 4.57 Å². The van der Waals surface area contributed by atoms with E-state index >= 15 is 0 Å². The van der Waals surface area contributed by atoms with Gasteiger partial charge < -0.3 is 62.6 Å². The molecule has 7 N–H and O–H groups in total. The van der Waals surface area contributed by atoms with Crippen molar-refractivity contribution in [2.45, 2.75) is 141 Å². The molecular weight excluding hydrogens is 673 g/mol. The number of aliphatic hydroxyl groups excluding tert-OH is 5. The minimum Gasteiger partial charge on any atom is -0.394 e. The van der Waals surface area contributed by atoms with Crippen molar-refractivity contribution in [2.75, 3.05) is 74.5 Å². The highest BCUT2D eigenvalue weighted by atomic mass is 28.4. The van der Waals surface area contributed by atoms with Crippen LogP contribution in [-0.4, -0.2) is 153 Å². The van der Waals surface area contributed by atoms with Crippen LogP contribution >= 0.6 is 0 Å². The first kappa shape index (κ1) is 51.0. The van der Waals surface area contributed by atoms with Gasteiger partial charge in [0.25, 0.3) is 0 Å². The Labute approximate surface area is 300 Å². The minimum absolute atomic E-state index is 0.0107. The third kappa shape index (κ3) is 23.9. The molecule has 1 fully saturated rings. The lowest BCUT2D eigenvalue weighted by Gasteiger charge is -2.39. The fourth-order valence-electron chi connectivity index (χ4n) is 5.15. The summed E-state index contributed by atoms with van der Waals surface area (Å²) in [4.78, 5) is 0. The molecule has 0 spiro atoms. The van der Waals surface area contributed by atoms with Crippen LogP contribution in [0.15, 0.2) is 0 Å². The van der Waals surface area contributed by atoms with Gasteiger partial charge in [-0.2, -0.15) is 0 Å². The van der Waals surface area contributed by atoms with Crippen LogP contribution < -0.4 is 5.73 Å². The zero-order valence-electron chi connectivity index (χ0n) is 32.1. The topological polar surface area (TPSA) is 198 Å². The average molecular weight is 749 g/mol. The summed E-state index contributed by atoms with van der Waals surface area (Å²) in [5.41, 5.74) is 5.55. The van der Waals surface area contributed by atoms with Gasteiger partial charge in [0.2, 0.25) is 0 Å². The highest BCUT2D eigenvalue weighted by Crippen LogP contribution is 2.24. The van der Waals surface area contributed by atoms with E-state index in [0.29, 0.717) is 32.4 Å². The molecule has 0 aromatic heterocycles. The molecule has 0 aliphatic carbocycles. The number of aliphatic hydroxyl groups is 5. The molecule has 14 nitrogen and oxygen atoms in total. The standard InChI is InChI=1S/C18H41NO7Si.C12H29NO3Si.C3H6O2/c1-5-9-18(10-6-2)26-27(24-3,25-4)19(13-17(23)15-21)12-8-7-11-16(22)14-20;1-5-8-12(9-6-2)16-17(14-3,15-4)11-7-10-13;4-1-3-2-5-3/h16-18,20-23H,5-15H2,1-4H3;12H,5-11,13H2,1-4H3;3-4H,1-2H2. The third-order valence-electron chi connectivity index (χ3n) is 7.99. The van der Waals surface area contributed by atoms with E-state index < -0.39 is 30.0 Å². The van der Waals surface area contributed by atoms with Crippen molar-refractivity contribution in [3.05, 3.63) is 0 Å². The second-order valence-corrected chi connectivity index (χ2v) is 18.0. The quantitative estimate of drug-likeness (QED) is 0.0356. The van der Waals surface area contributed by atoms with Crippen molar-refractivity contribution in [1.82, 2.24) is 4.57 Å². The normalized spacial score (nSPS) is 16.0. The Morgan fingerprint density at radius 2 is 1.20 bits per heavy atom. The summed E-state index contributed by atoms with van der Waals surface area (Å²) in [6.45, 7) is 10.3. The summed E-state index contributed by atoms with van der Waals surface area (Å²) in [7, 11) is 0.765. The molecule has 1 saturated heterocycles. The van der Waals surface area contributed by atoms with E-state index in [0.717, 1.165) is 70.4 Å². The van der Waals surface area contributed by atoms with Gasteiger partial charge in [-0.15, -0.1) is 0 Å². The van der Waals surface area contributed by atoms with Gasteiger partial charge in [0.1, 0.15) is 6.10 Å². The van der Waals surface area contributed by atoms with E-state index in [9.17, 15) is 15.3 Å². The molecule has 1 aliphatic heterocycles. The van der Waals surface area contributed by atoms with Gasteiger partial charge >= 0.3 is 17.8 Å². The third-order valence-corrected chi connectivity index (χ3v) is 13.7. The van der Waals surface area contributed by atoms with Crippen LogP contribution in [0, 0.1) is 0 Å². The van der Waals surface area contributed by atoms with E-state index in [4.69, 9.17) is 42.5 Å². The van der Waals surface area contributed by atoms with Crippen LogP contribution in [0.4, 0.5) is 0 Å². The summed E-state index contributed by atoms with van der Waals surface area (Å²) in [5.74, 6) is 0. The molecule has 0 saturated carbocycles. The first-order chi connectivity index (χ1) is 23.5. The Balaban J connectivity index is 0. The van der Waals surface area contributed by atoms with Crippen LogP contribution in [0.2, 0.25) is 6.04 Å². The maximum Gasteiger partial charge on any atom is 0.599 e. The number of ether oxygens (including phenoxy) is 1. The van der Waals surface area contributed by atoms with Crippen molar-refractivity contribution in [2.24, 2.45) is 5.73 Å². The Morgan fingerprint density at radius 3 is 1.55 bits per heavy atom. The molecule has 49 heavy (non-hydrogen) atoms. The first-order valence-electron chi connectivity index (χ1n) is 18.3. The lowest BCUT2D eigenvalue weighted by atomic mass is 10.1. The van der Waals surface area contributed by atoms with Crippen molar-refractivity contribution in [3.8, 4) is 0 Å². The number of nitrogens with two attached hydrogens (primary N) is 1. The molecule has 1 heterocycles. The van der Waals surface area contributed by atoms with Gasteiger partial charge in [-0.05, 0) is 64.5 Å². The molecule has 1 rings (SSSR count). The number of hydrogen-bond donors (Lipinski definition) is 6. The molecule has 16 heteroatoms. The largest absolute Gasteiger partial charge is 0.599 e. The fraction of sp³-hybridized carbons (Fsp3) is 1.00. The first-order valence-corrected chi connectivity index (χ1v) is 22.0. The summed E-state index contributed by atoms with van der Waals surface area (Å²) in [6.07, 6.45) is 9.77. The molecule has 1 aliphatic rings. The van der Waals surface area contributed by atoms with E-state index in [1.165, 1.54) is 0 Å².